The van der Waals surface area contributed by atoms with Gasteiger partial charge in [-0.25, -0.2) is 0 Å². The van der Waals surface area contributed by atoms with E-state index in [9.17, 15) is 4.79 Å². The second-order valence-corrected chi connectivity index (χ2v) is 5.72. The van der Waals surface area contributed by atoms with Crippen molar-refractivity contribution in [1.82, 2.24) is 0 Å². The number of furan rings is 1. The summed E-state index contributed by atoms with van der Waals surface area (Å²) in [6, 6.07) is 18.0. The summed E-state index contributed by atoms with van der Waals surface area (Å²) in [5.41, 5.74) is 0.825. The van der Waals surface area contributed by atoms with Crippen molar-refractivity contribution in [1.29, 1.82) is 0 Å². The largest absolute Gasteiger partial charge is 0.458 e. The predicted octanol–water partition coefficient (Wildman–Crippen LogP) is 5.84. The number of ether oxygens (including phenoxy) is 1. The summed E-state index contributed by atoms with van der Waals surface area (Å²) in [7, 11) is 0. The van der Waals surface area contributed by atoms with Gasteiger partial charge in [-0.15, -0.1) is 0 Å². The maximum Gasteiger partial charge on any atom is 0.222 e. The van der Waals surface area contributed by atoms with E-state index >= 15 is 0 Å². The highest BCUT2D eigenvalue weighted by Gasteiger charge is 2.05. The normalized spacial score (nSPS) is 10.8. The van der Waals surface area contributed by atoms with Crippen LogP contribution < -0.4 is 10.1 Å². The number of anilines is 1. The first-order valence-electron chi connectivity index (χ1n) is 7.68. The fraction of sp³-hybridized carbons (Fsp3) is 0.0500. The number of benzene rings is 2. The molecule has 0 aliphatic heterocycles. The molecule has 1 aromatic heterocycles. The van der Waals surface area contributed by atoms with Crippen LogP contribution >= 0.6 is 11.6 Å². The number of allylic oxidation sites excluding steroid dienone is 1. The molecule has 25 heavy (non-hydrogen) atoms. The van der Waals surface area contributed by atoms with E-state index in [0.29, 0.717) is 28.0 Å². The Labute approximate surface area is 150 Å². The Hall–Kier alpha value is -2.98. The van der Waals surface area contributed by atoms with Crippen molar-refractivity contribution in [2.75, 3.05) is 5.32 Å². The summed E-state index contributed by atoms with van der Waals surface area (Å²) in [4.78, 5) is 11.9. The minimum absolute atomic E-state index is 0.195. The lowest BCUT2D eigenvalue weighted by Crippen LogP contribution is -1.94. The van der Waals surface area contributed by atoms with Gasteiger partial charge in [0, 0.05) is 18.0 Å². The fourth-order valence-electron chi connectivity index (χ4n) is 2.14. The molecule has 126 valence electrons. The molecule has 0 saturated heterocycles. The summed E-state index contributed by atoms with van der Waals surface area (Å²) >= 11 is 6.07. The Bertz CT molecular complexity index is 897. The van der Waals surface area contributed by atoms with Gasteiger partial charge in [0.25, 0.3) is 0 Å². The molecule has 3 aromatic rings. The Morgan fingerprint density at radius 1 is 1.08 bits per heavy atom. The first-order chi connectivity index (χ1) is 12.1. The van der Waals surface area contributed by atoms with Gasteiger partial charge < -0.3 is 14.5 Å². The topological polar surface area (TPSA) is 51.5 Å². The molecule has 0 unspecified atom stereocenters. The summed E-state index contributed by atoms with van der Waals surface area (Å²) < 4.78 is 11.0. The third kappa shape index (κ3) is 4.52. The number of carbonyl (C=O) groups excluding carboxylic acids is 1. The molecule has 0 spiro atoms. The van der Waals surface area contributed by atoms with Crippen LogP contribution in [-0.2, 0) is 0 Å². The van der Waals surface area contributed by atoms with E-state index in [2.05, 4.69) is 5.32 Å². The monoisotopic (exact) mass is 353 g/mol. The van der Waals surface area contributed by atoms with Gasteiger partial charge in [0.15, 0.2) is 5.76 Å². The molecule has 0 aliphatic carbocycles. The van der Waals surface area contributed by atoms with Crippen molar-refractivity contribution in [3.8, 4) is 11.5 Å². The minimum atomic E-state index is -0.195. The van der Waals surface area contributed by atoms with Crippen LogP contribution in [0.5, 0.6) is 11.5 Å². The van der Waals surface area contributed by atoms with E-state index in [4.69, 9.17) is 20.8 Å². The van der Waals surface area contributed by atoms with Gasteiger partial charge in [-0.2, -0.15) is 0 Å². The zero-order chi connectivity index (χ0) is 17.6. The smallest absolute Gasteiger partial charge is 0.222 e. The Kier molecular flexibility index (Phi) is 5.21. The summed E-state index contributed by atoms with van der Waals surface area (Å²) in [5.74, 6) is 2.10. The number of nitrogens with one attached hydrogen (secondary N) is 1. The van der Waals surface area contributed by atoms with Crippen LogP contribution in [0.1, 0.15) is 16.3 Å². The Morgan fingerprint density at radius 2 is 1.84 bits per heavy atom. The van der Waals surface area contributed by atoms with Crippen LogP contribution in [0.25, 0.3) is 0 Å². The number of hydrogen-bond donors (Lipinski definition) is 1. The second-order valence-electron chi connectivity index (χ2n) is 5.31. The molecule has 0 aliphatic rings. The van der Waals surface area contributed by atoms with E-state index in [-0.39, 0.29) is 5.78 Å². The lowest BCUT2D eigenvalue weighted by atomic mass is 10.3. The van der Waals surface area contributed by atoms with Crippen molar-refractivity contribution in [3.63, 3.8) is 0 Å². The Balaban J connectivity index is 1.58. The van der Waals surface area contributed by atoms with Crippen LogP contribution in [0.15, 0.2) is 77.4 Å². The molecule has 2 aromatic carbocycles. The standard InChI is InChI=1S/C20H16ClNO3/c1-14-6-11-20(24-14)18(23)12-13-22-15-7-9-16(10-8-15)25-19-5-3-2-4-17(19)21/h2-13,22H,1H3. The molecule has 0 radical (unpaired) electrons. The van der Waals surface area contributed by atoms with Gasteiger partial charge in [-0.1, -0.05) is 23.7 Å². The zero-order valence-electron chi connectivity index (χ0n) is 13.5. The van der Waals surface area contributed by atoms with Crippen molar-refractivity contribution in [2.45, 2.75) is 6.92 Å². The van der Waals surface area contributed by atoms with Crippen LogP contribution in [0.3, 0.4) is 0 Å². The number of halogens is 1. The zero-order valence-corrected chi connectivity index (χ0v) is 14.3. The van der Waals surface area contributed by atoms with Gasteiger partial charge in [0.05, 0.1) is 5.02 Å². The minimum Gasteiger partial charge on any atom is -0.458 e. The van der Waals surface area contributed by atoms with Gasteiger partial charge in [-0.3, -0.25) is 4.79 Å². The van der Waals surface area contributed by atoms with Crippen molar-refractivity contribution in [3.05, 3.63) is 89.5 Å². The molecular weight excluding hydrogens is 338 g/mol. The van der Waals surface area contributed by atoms with Gasteiger partial charge in [0.2, 0.25) is 5.78 Å². The average Bonchev–Trinajstić information content (AvgIpc) is 3.05. The molecule has 4 nitrogen and oxygen atoms in total. The molecule has 3 rings (SSSR count). The molecule has 0 amide bonds. The van der Waals surface area contributed by atoms with Crippen LogP contribution in [0.2, 0.25) is 5.02 Å². The number of hydrogen-bond acceptors (Lipinski definition) is 4. The van der Waals surface area contributed by atoms with Crippen LogP contribution in [0.4, 0.5) is 5.69 Å². The molecule has 1 N–H and O–H groups in total. The van der Waals surface area contributed by atoms with E-state index in [1.54, 1.807) is 37.4 Å². The Morgan fingerprint density at radius 3 is 2.52 bits per heavy atom. The van der Waals surface area contributed by atoms with E-state index in [0.717, 1.165) is 5.69 Å². The van der Waals surface area contributed by atoms with Gasteiger partial charge >= 0.3 is 0 Å². The number of rotatable bonds is 6. The van der Waals surface area contributed by atoms with Gasteiger partial charge in [-0.05, 0) is 55.5 Å². The molecule has 0 atom stereocenters. The van der Waals surface area contributed by atoms with E-state index < -0.39 is 0 Å². The number of aryl methyl sites for hydroxylation is 1. The molecular formula is C20H16ClNO3. The molecule has 0 bridgehead atoms. The van der Waals surface area contributed by atoms with Crippen LogP contribution in [-0.4, -0.2) is 5.78 Å². The third-order valence-corrected chi connectivity index (χ3v) is 3.70. The van der Waals surface area contributed by atoms with Gasteiger partial charge in [0.1, 0.15) is 17.3 Å². The molecule has 1 heterocycles. The summed E-state index contributed by atoms with van der Waals surface area (Å²) in [5, 5.41) is 3.58. The summed E-state index contributed by atoms with van der Waals surface area (Å²) in [6.45, 7) is 1.80. The fourth-order valence-corrected chi connectivity index (χ4v) is 2.31. The number of carbonyl (C=O) groups is 1. The first kappa shape index (κ1) is 16.9. The molecule has 0 fully saturated rings. The highest BCUT2D eigenvalue weighted by Crippen LogP contribution is 2.29. The predicted molar refractivity (Wildman–Crippen MR) is 98.5 cm³/mol. The second kappa shape index (κ2) is 7.73. The van der Waals surface area contributed by atoms with E-state index in [1.807, 2.05) is 36.4 Å². The average molecular weight is 354 g/mol. The van der Waals surface area contributed by atoms with E-state index in [1.165, 1.54) is 6.08 Å². The quantitative estimate of drug-likeness (QED) is 0.446. The first-order valence-corrected chi connectivity index (χ1v) is 8.06. The number of para-hydroxylation sites is 1. The molecule has 5 heteroatoms. The van der Waals surface area contributed by atoms with Crippen molar-refractivity contribution >= 4 is 23.1 Å². The highest BCUT2D eigenvalue weighted by molar-refractivity contribution is 6.32. The molecule has 0 saturated carbocycles. The number of ketones is 1. The van der Waals surface area contributed by atoms with Crippen LogP contribution in [0, 0.1) is 6.92 Å². The van der Waals surface area contributed by atoms with Crippen molar-refractivity contribution < 1.29 is 13.9 Å². The maximum atomic E-state index is 11.9. The van der Waals surface area contributed by atoms with Crippen molar-refractivity contribution in [2.24, 2.45) is 0 Å². The third-order valence-electron chi connectivity index (χ3n) is 3.39. The lowest BCUT2D eigenvalue weighted by molar-refractivity contribution is 0.102. The summed E-state index contributed by atoms with van der Waals surface area (Å²) in [6.07, 6.45) is 3.00. The highest BCUT2D eigenvalue weighted by atomic mass is 35.5. The SMILES string of the molecule is Cc1ccc(C(=O)C=CNc2ccc(Oc3ccccc3Cl)cc2)o1. The maximum absolute atomic E-state index is 11.9. The lowest BCUT2D eigenvalue weighted by Gasteiger charge is -2.08.